The molecule has 0 fully saturated rings. The van der Waals surface area contributed by atoms with Gasteiger partial charge in [0.05, 0.1) is 34.9 Å². The summed E-state index contributed by atoms with van der Waals surface area (Å²) in [6, 6.07) is 13.5. The van der Waals surface area contributed by atoms with Gasteiger partial charge in [0, 0.05) is 5.56 Å². The summed E-state index contributed by atoms with van der Waals surface area (Å²) >= 11 is 1.60. The lowest BCUT2D eigenvalue weighted by atomic mass is 10.2. The van der Waals surface area contributed by atoms with E-state index in [1.54, 1.807) is 28.4 Å². The summed E-state index contributed by atoms with van der Waals surface area (Å²) in [4.78, 5) is 18.2. The van der Waals surface area contributed by atoms with Crippen LogP contribution in [-0.4, -0.2) is 35.9 Å². The van der Waals surface area contributed by atoms with Gasteiger partial charge in [0.25, 0.3) is 5.56 Å². The third kappa shape index (κ3) is 2.74. The second-order valence-electron chi connectivity index (χ2n) is 5.95. The second kappa shape index (κ2) is 6.71. The minimum absolute atomic E-state index is 0.287. The first kappa shape index (κ1) is 16.3. The van der Waals surface area contributed by atoms with E-state index in [1.165, 1.54) is 17.2 Å². The average molecular weight is 387 g/mol. The lowest BCUT2D eigenvalue weighted by Gasteiger charge is -2.02. The zero-order valence-corrected chi connectivity index (χ0v) is 15.2. The first-order valence-electron chi connectivity index (χ1n) is 8.44. The maximum Gasteiger partial charge on any atom is 0.285 e. The molecule has 5 rings (SSSR count). The summed E-state index contributed by atoms with van der Waals surface area (Å²) in [6.45, 7) is 0. The highest BCUT2D eigenvalue weighted by molar-refractivity contribution is 7.13. The molecule has 0 aliphatic rings. The van der Waals surface area contributed by atoms with E-state index in [9.17, 15) is 4.79 Å². The van der Waals surface area contributed by atoms with Crippen LogP contribution in [0.25, 0.3) is 27.3 Å². The first-order chi connectivity index (χ1) is 13.8. The summed E-state index contributed by atoms with van der Waals surface area (Å²) in [5.74, 6) is 0. The van der Waals surface area contributed by atoms with Gasteiger partial charge in [-0.05, 0) is 23.6 Å². The minimum atomic E-state index is -0.287. The molecule has 0 spiro atoms. The predicted octanol–water partition coefficient (Wildman–Crippen LogP) is 2.92. The smallest absolute Gasteiger partial charge is 0.276 e. The quantitative estimate of drug-likeness (QED) is 0.480. The van der Waals surface area contributed by atoms with Crippen LogP contribution in [0.1, 0.15) is 5.56 Å². The Bertz CT molecular complexity index is 1330. The van der Waals surface area contributed by atoms with Crippen LogP contribution in [-0.2, 0) is 0 Å². The molecule has 4 heterocycles. The number of fused-ring (bicyclic) bond motifs is 1. The van der Waals surface area contributed by atoms with Crippen LogP contribution in [0.15, 0.2) is 76.5 Å². The standard InChI is InChI=1S/C19H13N7OS/c27-19-15-11-23-26(14-5-2-1-3-6-14)18(15)20-12-25(19)22-10-13-9-21-24-17(13)16-7-4-8-28-16/h1-12H,(H,21,24)/b22-10+. The van der Waals surface area contributed by atoms with Crippen LogP contribution in [0.2, 0.25) is 0 Å². The molecule has 0 amide bonds. The first-order valence-corrected chi connectivity index (χ1v) is 9.31. The van der Waals surface area contributed by atoms with Crippen molar-refractivity contribution in [3.8, 4) is 16.3 Å². The Morgan fingerprint density at radius 1 is 1.11 bits per heavy atom. The van der Waals surface area contributed by atoms with Gasteiger partial charge in [-0.25, -0.2) is 9.67 Å². The van der Waals surface area contributed by atoms with Crippen LogP contribution in [0.5, 0.6) is 0 Å². The molecule has 0 atom stereocenters. The number of nitrogens with zero attached hydrogens (tertiary/aromatic N) is 6. The minimum Gasteiger partial charge on any atom is -0.276 e. The third-order valence-corrected chi connectivity index (χ3v) is 5.12. The monoisotopic (exact) mass is 387 g/mol. The zero-order valence-electron chi connectivity index (χ0n) is 14.4. The summed E-state index contributed by atoms with van der Waals surface area (Å²) in [7, 11) is 0. The highest BCUT2D eigenvalue weighted by Crippen LogP contribution is 2.24. The van der Waals surface area contributed by atoms with E-state index in [1.807, 2.05) is 47.8 Å². The SMILES string of the molecule is O=c1c2cnn(-c3ccccc3)c2ncn1/N=C/c1cn[nH]c1-c1cccs1. The highest BCUT2D eigenvalue weighted by atomic mass is 32.1. The summed E-state index contributed by atoms with van der Waals surface area (Å²) in [6.07, 6.45) is 6.17. The molecule has 1 N–H and O–H groups in total. The molecule has 5 aromatic rings. The Balaban J connectivity index is 1.53. The van der Waals surface area contributed by atoms with Crippen molar-refractivity contribution in [1.82, 2.24) is 29.6 Å². The van der Waals surface area contributed by atoms with Crippen molar-refractivity contribution >= 4 is 28.6 Å². The normalized spacial score (nSPS) is 11.6. The summed E-state index contributed by atoms with van der Waals surface area (Å²) < 4.78 is 2.83. The van der Waals surface area contributed by atoms with Crippen molar-refractivity contribution in [2.45, 2.75) is 0 Å². The van der Waals surface area contributed by atoms with E-state index < -0.39 is 0 Å². The maximum absolute atomic E-state index is 12.8. The van der Waals surface area contributed by atoms with E-state index in [-0.39, 0.29) is 5.56 Å². The fraction of sp³-hybridized carbons (Fsp3) is 0. The molecule has 0 unspecified atom stereocenters. The molecule has 4 aromatic heterocycles. The van der Waals surface area contributed by atoms with Crippen LogP contribution >= 0.6 is 11.3 Å². The number of H-pyrrole nitrogens is 1. The van der Waals surface area contributed by atoms with Gasteiger partial charge < -0.3 is 0 Å². The van der Waals surface area contributed by atoms with Gasteiger partial charge in [-0.3, -0.25) is 9.89 Å². The van der Waals surface area contributed by atoms with Crippen molar-refractivity contribution in [3.05, 3.63) is 82.5 Å². The van der Waals surface area contributed by atoms with Crippen molar-refractivity contribution in [2.75, 3.05) is 0 Å². The number of benzene rings is 1. The molecule has 0 radical (unpaired) electrons. The molecule has 136 valence electrons. The number of para-hydroxylation sites is 1. The molecule has 1 aromatic carbocycles. The fourth-order valence-corrected chi connectivity index (χ4v) is 3.62. The van der Waals surface area contributed by atoms with Crippen molar-refractivity contribution in [3.63, 3.8) is 0 Å². The number of aromatic amines is 1. The van der Waals surface area contributed by atoms with E-state index in [4.69, 9.17) is 0 Å². The Labute approximate surface area is 162 Å². The van der Waals surface area contributed by atoms with Crippen LogP contribution in [0.3, 0.4) is 0 Å². The van der Waals surface area contributed by atoms with Gasteiger partial charge in [-0.1, -0.05) is 24.3 Å². The van der Waals surface area contributed by atoms with Crippen LogP contribution in [0.4, 0.5) is 0 Å². The molecule has 28 heavy (non-hydrogen) atoms. The van der Waals surface area contributed by atoms with E-state index in [0.29, 0.717) is 11.0 Å². The third-order valence-electron chi connectivity index (χ3n) is 4.23. The summed E-state index contributed by atoms with van der Waals surface area (Å²) in [5, 5.41) is 18.0. The molecule has 0 saturated heterocycles. The zero-order chi connectivity index (χ0) is 18.9. The summed E-state index contributed by atoms with van der Waals surface area (Å²) in [5.41, 5.74) is 2.69. The largest absolute Gasteiger partial charge is 0.285 e. The van der Waals surface area contributed by atoms with E-state index in [0.717, 1.165) is 21.8 Å². The number of nitrogens with one attached hydrogen (secondary N) is 1. The lowest BCUT2D eigenvalue weighted by molar-refractivity contribution is 0.809. The van der Waals surface area contributed by atoms with E-state index >= 15 is 0 Å². The number of thiophene rings is 1. The Morgan fingerprint density at radius 3 is 2.82 bits per heavy atom. The average Bonchev–Trinajstić information content (AvgIpc) is 3.48. The van der Waals surface area contributed by atoms with Gasteiger partial charge in [-0.2, -0.15) is 20.0 Å². The van der Waals surface area contributed by atoms with Gasteiger partial charge in [0.2, 0.25) is 0 Å². The van der Waals surface area contributed by atoms with E-state index in [2.05, 4.69) is 25.4 Å². The number of hydrogen-bond acceptors (Lipinski definition) is 6. The van der Waals surface area contributed by atoms with Gasteiger partial charge in [0.15, 0.2) is 5.65 Å². The van der Waals surface area contributed by atoms with Gasteiger partial charge in [0.1, 0.15) is 11.7 Å². The van der Waals surface area contributed by atoms with Gasteiger partial charge >= 0.3 is 0 Å². The highest BCUT2D eigenvalue weighted by Gasteiger charge is 2.11. The fourth-order valence-electron chi connectivity index (χ4n) is 2.88. The second-order valence-corrected chi connectivity index (χ2v) is 6.89. The number of rotatable bonds is 4. The Morgan fingerprint density at radius 2 is 2.00 bits per heavy atom. The molecule has 8 nitrogen and oxygen atoms in total. The molecule has 0 aliphatic carbocycles. The molecule has 0 aliphatic heterocycles. The molecular formula is C19H13N7OS. The Kier molecular flexibility index (Phi) is 3.91. The number of aromatic nitrogens is 6. The molecule has 0 bridgehead atoms. The lowest BCUT2D eigenvalue weighted by Crippen LogP contribution is -2.17. The maximum atomic E-state index is 12.8. The molecular weight excluding hydrogens is 374 g/mol. The topological polar surface area (TPSA) is 93.8 Å². The van der Waals surface area contributed by atoms with Crippen molar-refractivity contribution in [2.24, 2.45) is 5.10 Å². The molecule has 9 heteroatoms. The van der Waals surface area contributed by atoms with Crippen LogP contribution in [0, 0.1) is 0 Å². The Hall–Kier alpha value is -3.85. The van der Waals surface area contributed by atoms with Crippen LogP contribution < -0.4 is 5.56 Å². The predicted molar refractivity (Wildman–Crippen MR) is 108 cm³/mol. The van der Waals surface area contributed by atoms with Crippen molar-refractivity contribution < 1.29 is 0 Å². The van der Waals surface area contributed by atoms with Crippen molar-refractivity contribution in [1.29, 1.82) is 0 Å². The number of hydrogen-bond donors (Lipinski definition) is 1. The molecule has 0 saturated carbocycles. The van der Waals surface area contributed by atoms with Gasteiger partial charge in [-0.15, -0.1) is 11.3 Å².